The quantitative estimate of drug-likeness (QED) is 0.602. The first-order valence-corrected chi connectivity index (χ1v) is 6.96. The van der Waals surface area contributed by atoms with Crippen LogP contribution in [0.4, 0.5) is 0 Å². The number of hydrogen-bond donors (Lipinski definition) is 0. The van der Waals surface area contributed by atoms with Crippen LogP contribution in [0.5, 0.6) is 0 Å². The van der Waals surface area contributed by atoms with Gasteiger partial charge in [0.1, 0.15) is 5.78 Å². The number of carbonyl (C=O) groups is 1. The van der Waals surface area contributed by atoms with Crippen LogP contribution in [0.2, 0.25) is 0 Å². The summed E-state index contributed by atoms with van der Waals surface area (Å²) in [5.41, 5.74) is -0.308. The first-order valence-electron chi connectivity index (χ1n) is 6.96. The molecule has 1 heterocycles. The maximum absolute atomic E-state index is 12.3. The zero-order chi connectivity index (χ0) is 12.0. The molecule has 0 N–H and O–H groups in total. The molecular weight excluding hydrogens is 212 g/mol. The van der Waals surface area contributed by atoms with Crippen LogP contribution >= 0.6 is 0 Å². The predicted octanol–water partition coefficient (Wildman–Crippen LogP) is 2.97. The van der Waals surface area contributed by atoms with Gasteiger partial charge in [-0.15, -0.1) is 0 Å². The molecule has 0 bridgehead atoms. The zero-order valence-corrected chi connectivity index (χ0v) is 10.8. The molecule has 3 rings (SSSR count). The number of carbonyl (C=O) groups excluding carboxylic acids is 1. The molecular formula is C15H22O2. The molecule has 2 aliphatic carbocycles. The second-order valence-electron chi connectivity index (χ2n) is 6.33. The van der Waals surface area contributed by atoms with Gasteiger partial charge in [-0.25, -0.2) is 0 Å². The van der Waals surface area contributed by atoms with E-state index in [2.05, 4.69) is 26.0 Å². The molecule has 5 atom stereocenters. The van der Waals surface area contributed by atoms with Gasteiger partial charge in [-0.2, -0.15) is 0 Å². The molecule has 0 aromatic carbocycles. The Hall–Kier alpha value is -0.630. The second kappa shape index (κ2) is 3.94. The zero-order valence-electron chi connectivity index (χ0n) is 10.8. The number of allylic oxidation sites excluding steroid dienone is 1. The fourth-order valence-electron chi connectivity index (χ4n) is 4.15. The van der Waals surface area contributed by atoms with Gasteiger partial charge in [0.15, 0.2) is 0 Å². The molecule has 94 valence electrons. The highest BCUT2D eigenvalue weighted by molar-refractivity contribution is 5.84. The van der Waals surface area contributed by atoms with Crippen LogP contribution in [-0.2, 0) is 9.53 Å². The molecule has 0 radical (unpaired) electrons. The molecule has 1 saturated carbocycles. The Balaban J connectivity index is 1.93. The van der Waals surface area contributed by atoms with E-state index >= 15 is 0 Å². The van der Waals surface area contributed by atoms with E-state index in [9.17, 15) is 4.79 Å². The third kappa shape index (κ3) is 1.77. The number of rotatable bonds is 0. The van der Waals surface area contributed by atoms with Crippen LogP contribution in [0.15, 0.2) is 12.2 Å². The molecule has 5 unspecified atom stereocenters. The van der Waals surface area contributed by atoms with Gasteiger partial charge in [-0.1, -0.05) is 25.5 Å². The number of fused-ring (bicyclic) bond motifs is 3. The van der Waals surface area contributed by atoms with Crippen molar-refractivity contribution in [1.82, 2.24) is 0 Å². The van der Waals surface area contributed by atoms with E-state index in [-0.39, 0.29) is 11.5 Å². The smallest absolute Gasteiger partial charge is 0.141 e. The van der Waals surface area contributed by atoms with Crippen LogP contribution < -0.4 is 0 Å². The minimum atomic E-state index is -0.308. The van der Waals surface area contributed by atoms with Gasteiger partial charge in [-0.3, -0.25) is 4.79 Å². The molecule has 0 amide bonds. The third-order valence-corrected chi connectivity index (χ3v) is 5.05. The summed E-state index contributed by atoms with van der Waals surface area (Å²) in [6, 6.07) is 0. The second-order valence-corrected chi connectivity index (χ2v) is 6.33. The van der Waals surface area contributed by atoms with Gasteiger partial charge in [0.05, 0.1) is 18.1 Å². The first-order chi connectivity index (χ1) is 8.10. The lowest BCUT2D eigenvalue weighted by Crippen LogP contribution is -2.53. The number of Topliss-reactive ketones (excluding diaryl/α,β-unsaturated/α-hetero) is 1. The Bertz CT molecular complexity index is 360. The maximum Gasteiger partial charge on any atom is 0.141 e. The standard InChI is InChI=1S/C15H22O2/c1-10-3-4-12-11(9-10)5-7-15(2)14(12)13(16)6-8-17-15/h5,7,10-12,14H,3-4,6,8-9H2,1-2H3. The molecule has 2 heteroatoms. The topological polar surface area (TPSA) is 26.3 Å². The monoisotopic (exact) mass is 234 g/mol. The molecule has 3 aliphatic rings. The van der Waals surface area contributed by atoms with E-state index in [1.54, 1.807) is 0 Å². The van der Waals surface area contributed by atoms with Crippen molar-refractivity contribution in [3.8, 4) is 0 Å². The van der Waals surface area contributed by atoms with E-state index in [0.29, 0.717) is 30.6 Å². The van der Waals surface area contributed by atoms with Crippen molar-refractivity contribution in [2.75, 3.05) is 6.61 Å². The number of ketones is 1. The van der Waals surface area contributed by atoms with Gasteiger partial charge in [0.25, 0.3) is 0 Å². The minimum absolute atomic E-state index is 0.124. The molecule has 1 saturated heterocycles. The van der Waals surface area contributed by atoms with Crippen LogP contribution in [-0.4, -0.2) is 18.0 Å². The lowest BCUT2D eigenvalue weighted by molar-refractivity contribution is -0.155. The van der Waals surface area contributed by atoms with E-state index in [1.807, 2.05) is 0 Å². The van der Waals surface area contributed by atoms with Crippen molar-refractivity contribution >= 4 is 5.78 Å². The Morgan fingerprint density at radius 1 is 1.41 bits per heavy atom. The third-order valence-electron chi connectivity index (χ3n) is 5.05. The fourth-order valence-corrected chi connectivity index (χ4v) is 4.15. The summed E-state index contributed by atoms with van der Waals surface area (Å²) in [5.74, 6) is 2.52. The van der Waals surface area contributed by atoms with Crippen LogP contribution in [0.1, 0.15) is 39.5 Å². The highest BCUT2D eigenvalue weighted by Gasteiger charge is 2.50. The van der Waals surface area contributed by atoms with Crippen molar-refractivity contribution in [1.29, 1.82) is 0 Å². The van der Waals surface area contributed by atoms with Crippen molar-refractivity contribution in [2.24, 2.45) is 23.7 Å². The van der Waals surface area contributed by atoms with Gasteiger partial charge >= 0.3 is 0 Å². The van der Waals surface area contributed by atoms with Crippen molar-refractivity contribution in [3.63, 3.8) is 0 Å². The van der Waals surface area contributed by atoms with Crippen LogP contribution in [0.25, 0.3) is 0 Å². The summed E-state index contributed by atoms with van der Waals surface area (Å²) in [6.45, 7) is 5.03. The van der Waals surface area contributed by atoms with E-state index < -0.39 is 0 Å². The molecule has 0 aromatic heterocycles. The largest absolute Gasteiger partial charge is 0.370 e. The molecule has 0 spiro atoms. The van der Waals surface area contributed by atoms with Gasteiger partial charge in [-0.05, 0) is 37.5 Å². The first kappa shape index (κ1) is 11.5. The average Bonchev–Trinajstić information content (AvgIpc) is 2.28. The van der Waals surface area contributed by atoms with E-state index in [4.69, 9.17) is 4.74 Å². The Morgan fingerprint density at radius 2 is 2.24 bits per heavy atom. The van der Waals surface area contributed by atoms with Crippen LogP contribution in [0, 0.1) is 23.7 Å². The van der Waals surface area contributed by atoms with Crippen molar-refractivity contribution < 1.29 is 9.53 Å². The molecule has 1 aliphatic heterocycles. The highest BCUT2D eigenvalue weighted by atomic mass is 16.5. The SMILES string of the molecule is CC1CCC2C(C=CC3(C)OCCC(=O)C23)C1. The van der Waals surface area contributed by atoms with E-state index in [0.717, 1.165) is 5.92 Å². The summed E-state index contributed by atoms with van der Waals surface area (Å²) >= 11 is 0. The predicted molar refractivity (Wildman–Crippen MR) is 66.6 cm³/mol. The normalized spacial score (nSPS) is 49.6. The summed E-state index contributed by atoms with van der Waals surface area (Å²) in [7, 11) is 0. The lowest BCUT2D eigenvalue weighted by atomic mass is 9.59. The number of ether oxygens (including phenoxy) is 1. The maximum atomic E-state index is 12.3. The minimum Gasteiger partial charge on any atom is -0.370 e. The molecule has 0 aromatic rings. The summed E-state index contributed by atoms with van der Waals surface area (Å²) in [5, 5.41) is 0. The van der Waals surface area contributed by atoms with Gasteiger partial charge in [0.2, 0.25) is 0 Å². The molecule has 17 heavy (non-hydrogen) atoms. The Morgan fingerprint density at radius 3 is 3.06 bits per heavy atom. The average molecular weight is 234 g/mol. The summed E-state index contributed by atoms with van der Waals surface area (Å²) < 4.78 is 5.91. The summed E-state index contributed by atoms with van der Waals surface area (Å²) in [4.78, 5) is 12.3. The Labute approximate surface area is 103 Å². The van der Waals surface area contributed by atoms with Gasteiger partial charge < -0.3 is 4.74 Å². The van der Waals surface area contributed by atoms with Crippen LogP contribution in [0.3, 0.4) is 0 Å². The fraction of sp³-hybridized carbons (Fsp3) is 0.800. The Kier molecular flexibility index (Phi) is 2.66. The molecule has 2 nitrogen and oxygen atoms in total. The van der Waals surface area contributed by atoms with Crippen molar-refractivity contribution in [3.05, 3.63) is 12.2 Å². The van der Waals surface area contributed by atoms with E-state index in [1.165, 1.54) is 19.3 Å². The number of hydrogen-bond acceptors (Lipinski definition) is 2. The summed E-state index contributed by atoms with van der Waals surface area (Å²) in [6.07, 6.45) is 8.84. The highest BCUT2D eigenvalue weighted by Crippen LogP contribution is 2.49. The lowest BCUT2D eigenvalue weighted by Gasteiger charge is -2.49. The van der Waals surface area contributed by atoms with Gasteiger partial charge in [0, 0.05) is 6.42 Å². The van der Waals surface area contributed by atoms with Crippen molar-refractivity contribution in [2.45, 2.75) is 45.1 Å². The molecule has 2 fully saturated rings.